The molecule has 39 heavy (non-hydrogen) atoms. The number of amides is 4. The number of benzene rings is 2. The maximum atomic E-state index is 13.3. The lowest BCUT2D eigenvalue weighted by Crippen LogP contribution is -2.49. The number of rotatable bonds is 7. The standard InChI is InChI=1S/C24H19ClF5N5O4/c1-2-23(26,27)21(37)35-34-20(36)19-12-16(9-10-31-19)39-15-6-3-13(4-7-15)32-22(38)33-14-5-8-18(25)17(11-14)24(28,29)30/h3-12H,2H2,1H3,(H,34,36)(H,35,37)(H2,32,33,38). The Labute approximate surface area is 222 Å². The van der Waals surface area contributed by atoms with E-state index in [1.807, 2.05) is 5.43 Å². The maximum Gasteiger partial charge on any atom is 0.417 e. The highest BCUT2D eigenvalue weighted by molar-refractivity contribution is 6.31. The zero-order chi connectivity index (χ0) is 28.8. The summed E-state index contributed by atoms with van der Waals surface area (Å²) in [5, 5.41) is 4.22. The van der Waals surface area contributed by atoms with Gasteiger partial charge in [-0.05, 0) is 48.5 Å². The molecule has 0 aliphatic carbocycles. The van der Waals surface area contributed by atoms with Crippen molar-refractivity contribution in [2.24, 2.45) is 0 Å². The molecule has 9 nitrogen and oxygen atoms in total. The van der Waals surface area contributed by atoms with Crippen molar-refractivity contribution in [2.45, 2.75) is 25.4 Å². The van der Waals surface area contributed by atoms with Crippen molar-refractivity contribution in [1.82, 2.24) is 15.8 Å². The van der Waals surface area contributed by atoms with Crippen LogP contribution in [0.4, 0.5) is 38.1 Å². The van der Waals surface area contributed by atoms with Crippen LogP contribution in [0.15, 0.2) is 60.8 Å². The van der Waals surface area contributed by atoms with Crippen molar-refractivity contribution in [1.29, 1.82) is 0 Å². The molecule has 0 spiro atoms. The van der Waals surface area contributed by atoms with Crippen molar-refractivity contribution in [2.75, 3.05) is 10.6 Å². The van der Waals surface area contributed by atoms with E-state index in [2.05, 4.69) is 15.6 Å². The van der Waals surface area contributed by atoms with Gasteiger partial charge in [0.1, 0.15) is 17.2 Å². The Morgan fingerprint density at radius 1 is 0.872 bits per heavy atom. The van der Waals surface area contributed by atoms with Gasteiger partial charge in [-0.25, -0.2) is 4.79 Å². The van der Waals surface area contributed by atoms with Gasteiger partial charge >= 0.3 is 24.0 Å². The molecule has 1 aromatic heterocycles. The summed E-state index contributed by atoms with van der Waals surface area (Å²) in [5.41, 5.74) is 2.29. The van der Waals surface area contributed by atoms with Gasteiger partial charge in [0, 0.05) is 30.1 Å². The topological polar surface area (TPSA) is 121 Å². The predicted octanol–water partition coefficient (Wildman–Crippen LogP) is 6.00. The molecule has 0 saturated heterocycles. The summed E-state index contributed by atoms with van der Waals surface area (Å²) >= 11 is 5.57. The van der Waals surface area contributed by atoms with E-state index in [9.17, 15) is 36.3 Å². The molecule has 0 unspecified atom stereocenters. The quantitative estimate of drug-likeness (QED) is 0.205. The number of alkyl halides is 5. The Morgan fingerprint density at radius 3 is 2.15 bits per heavy atom. The van der Waals surface area contributed by atoms with Crippen LogP contribution in [0, 0.1) is 0 Å². The molecular formula is C24H19ClF5N5O4. The fraction of sp³-hybridized carbons (Fsp3) is 0.167. The van der Waals surface area contributed by atoms with E-state index in [-0.39, 0.29) is 28.6 Å². The lowest BCUT2D eigenvalue weighted by Gasteiger charge is -2.14. The minimum absolute atomic E-state index is 0.125. The minimum Gasteiger partial charge on any atom is -0.457 e. The van der Waals surface area contributed by atoms with E-state index < -0.39 is 47.0 Å². The smallest absolute Gasteiger partial charge is 0.417 e. The van der Waals surface area contributed by atoms with E-state index in [0.717, 1.165) is 13.0 Å². The minimum atomic E-state index is -4.69. The highest BCUT2D eigenvalue weighted by atomic mass is 35.5. The second-order valence-electron chi connectivity index (χ2n) is 7.74. The Kier molecular flexibility index (Phi) is 8.91. The van der Waals surface area contributed by atoms with Gasteiger partial charge in [0.25, 0.3) is 5.91 Å². The molecule has 3 rings (SSSR count). The summed E-state index contributed by atoms with van der Waals surface area (Å²) in [6, 6.07) is 10.5. The summed E-state index contributed by atoms with van der Waals surface area (Å²) in [5.74, 6) is -5.88. The molecule has 0 bridgehead atoms. The molecule has 0 fully saturated rings. The number of hydrazine groups is 1. The van der Waals surface area contributed by atoms with E-state index in [4.69, 9.17) is 16.3 Å². The molecule has 206 valence electrons. The van der Waals surface area contributed by atoms with Gasteiger partial charge in [-0.15, -0.1) is 0 Å². The molecule has 0 aliphatic rings. The third-order valence-corrected chi connectivity index (χ3v) is 5.24. The van der Waals surface area contributed by atoms with Gasteiger partial charge in [0.15, 0.2) is 0 Å². The highest BCUT2D eigenvalue weighted by Crippen LogP contribution is 2.36. The fourth-order valence-corrected chi connectivity index (χ4v) is 3.11. The number of pyridine rings is 1. The molecule has 0 saturated carbocycles. The second-order valence-corrected chi connectivity index (χ2v) is 8.15. The zero-order valence-corrected chi connectivity index (χ0v) is 20.6. The molecule has 3 aromatic rings. The summed E-state index contributed by atoms with van der Waals surface area (Å²) < 4.78 is 71.2. The van der Waals surface area contributed by atoms with E-state index >= 15 is 0 Å². The molecule has 4 N–H and O–H groups in total. The van der Waals surface area contributed by atoms with Crippen LogP contribution in [-0.4, -0.2) is 28.8 Å². The summed E-state index contributed by atoms with van der Waals surface area (Å²) in [7, 11) is 0. The third-order valence-electron chi connectivity index (χ3n) is 4.91. The maximum absolute atomic E-state index is 13.3. The zero-order valence-electron chi connectivity index (χ0n) is 19.8. The van der Waals surface area contributed by atoms with Crippen molar-refractivity contribution < 1.29 is 41.1 Å². The first-order valence-corrected chi connectivity index (χ1v) is 11.3. The van der Waals surface area contributed by atoms with Crippen LogP contribution in [0.2, 0.25) is 5.02 Å². The Hall–Kier alpha value is -4.46. The van der Waals surface area contributed by atoms with Crippen molar-refractivity contribution in [3.8, 4) is 11.5 Å². The highest BCUT2D eigenvalue weighted by Gasteiger charge is 2.36. The first-order chi connectivity index (χ1) is 18.3. The van der Waals surface area contributed by atoms with E-state index in [1.54, 1.807) is 5.43 Å². The molecule has 0 aliphatic heterocycles. The monoisotopic (exact) mass is 571 g/mol. The molecule has 0 atom stereocenters. The number of nitrogens with zero attached hydrogens (tertiary/aromatic N) is 1. The average Bonchev–Trinajstić information content (AvgIpc) is 2.88. The lowest BCUT2D eigenvalue weighted by molar-refractivity contribution is -0.146. The molecule has 0 radical (unpaired) electrons. The number of carbonyl (C=O) groups is 3. The summed E-state index contributed by atoms with van der Waals surface area (Å²) in [4.78, 5) is 39.5. The van der Waals surface area contributed by atoms with Gasteiger partial charge in [-0.3, -0.25) is 25.4 Å². The predicted molar refractivity (Wildman–Crippen MR) is 131 cm³/mol. The number of hydrogen-bond acceptors (Lipinski definition) is 5. The molecular weight excluding hydrogens is 553 g/mol. The summed E-state index contributed by atoms with van der Waals surface area (Å²) in [6.07, 6.45) is -4.23. The molecule has 1 heterocycles. The van der Waals surface area contributed by atoms with Crippen molar-refractivity contribution in [3.05, 3.63) is 77.1 Å². The number of carbonyl (C=O) groups excluding carboxylic acids is 3. The number of nitrogens with one attached hydrogen (secondary N) is 4. The molecule has 2 aromatic carbocycles. The third kappa shape index (κ3) is 8.01. The van der Waals surface area contributed by atoms with E-state index in [1.165, 1.54) is 48.7 Å². The number of halogens is 6. The number of aromatic nitrogens is 1. The summed E-state index contributed by atoms with van der Waals surface area (Å²) in [6.45, 7) is 1.11. The largest absolute Gasteiger partial charge is 0.457 e. The average molecular weight is 572 g/mol. The lowest BCUT2D eigenvalue weighted by atomic mass is 10.2. The van der Waals surface area contributed by atoms with Gasteiger partial charge in [0.05, 0.1) is 10.6 Å². The van der Waals surface area contributed by atoms with Crippen LogP contribution in [0.25, 0.3) is 0 Å². The van der Waals surface area contributed by atoms with Crippen LogP contribution in [-0.2, 0) is 11.0 Å². The normalized spacial score (nSPS) is 11.4. The van der Waals surface area contributed by atoms with Crippen LogP contribution >= 0.6 is 11.6 Å². The van der Waals surface area contributed by atoms with E-state index in [0.29, 0.717) is 6.07 Å². The SMILES string of the molecule is CCC(F)(F)C(=O)NNC(=O)c1cc(Oc2ccc(NC(=O)Nc3ccc(Cl)c(C(F)(F)F)c3)cc2)ccn1. The Balaban J connectivity index is 1.58. The molecule has 4 amide bonds. The van der Waals surface area contributed by atoms with Gasteiger partial charge < -0.3 is 15.4 Å². The number of hydrogen-bond donors (Lipinski definition) is 4. The van der Waals surface area contributed by atoms with Gasteiger partial charge in [0.2, 0.25) is 0 Å². The van der Waals surface area contributed by atoms with Crippen LogP contribution in [0.5, 0.6) is 11.5 Å². The molecule has 15 heteroatoms. The Bertz CT molecular complexity index is 1370. The van der Waals surface area contributed by atoms with Crippen LogP contribution in [0.1, 0.15) is 29.4 Å². The Morgan fingerprint density at radius 2 is 1.51 bits per heavy atom. The fourth-order valence-electron chi connectivity index (χ4n) is 2.88. The van der Waals surface area contributed by atoms with Crippen molar-refractivity contribution >= 4 is 40.8 Å². The second kappa shape index (κ2) is 11.9. The number of anilines is 2. The number of urea groups is 1. The first kappa shape index (κ1) is 29.1. The first-order valence-electron chi connectivity index (χ1n) is 11.0. The number of ether oxygens (including phenoxy) is 1. The van der Waals surface area contributed by atoms with Gasteiger partial charge in [-0.1, -0.05) is 18.5 Å². The van der Waals surface area contributed by atoms with Crippen LogP contribution in [0.3, 0.4) is 0 Å². The van der Waals surface area contributed by atoms with Gasteiger partial charge in [-0.2, -0.15) is 22.0 Å². The van der Waals surface area contributed by atoms with Crippen LogP contribution < -0.4 is 26.2 Å². The van der Waals surface area contributed by atoms with Crippen molar-refractivity contribution in [3.63, 3.8) is 0 Å².